The van der Waals surface area contributed by atoms with Crippen LogP contribution in [-0.2, 0) is 4.74 Å². The Morgan fingerprint density at radius 2 is 2.36 bits per heavy atom. The number of hydrogen-bond donors (Lipinski definition) is 1. The number of likely N-dealkylation sites (tertiary alicyclic amines) is 1. The minimum absolute atomic E-state index is 0.560. The van der Waals surface area contributed by atoms with Crippen molar-refractivity contribution in [3.63, 3.8) is 0 Å². The molecule has 14 heavy (non-hydrogen) atoms. The molecule has 82 valence electrons. The van der Waals surface area contributed by atoms with Crippen LogP contribution in [0.1, 0.15) is 26.2 Å². The number of piperidine rings is 1. The van der Waals surface area contributed by atoms with Crippen LogP contribution in [0.2, 0.25) is 0 Å². The zero-order valence-electron chi connectivity index (χ0n) is 9.17. The Balaban J connectivity index is 1.76. The van der Waals surface area contributed by atoms with Crippen LogP contribution in [0.25, 0.3) is 0 Å². The van der Waals surface area contributed by atoms with Crippen LogP contribution in [0, 0.1) is 0 Å². The number of nitrogens with one attached hydrogen (secondary N) is 1. The predicted molar refractivity (Wildman–Crippen MR) is 57.5 cm³/mol. The van der Waals surface area contributed by atoms with Crippen molar-refractivity contribution in [3.8, 4) is 0 Å². The molecule has 1 N–H and O–H groups in total. The summed E-state index contributed by atoms with van der Waals surface area (Å²) in [6, 6.07) is 1.33. The van der Waals surface area contributed by atoms with E-state index in [9.17, 15) is 0 Å². The van der Waals surface area contributed by atoms with Gasteiger partial charge in [-0.25, -0.2) is 0 Å². The van der Waals surface area contributed by atoms with Gasteiger partial charge >= 0.3 is 0 Å². The normalized spacial score (nSPS) is 35.8. The first kappa shape index (κ1) is 10.4. The third kappa shape index (κ3) is 2.69. The maximum Gasteiger partial charge on any atom is 0.0632 e. The summed E-state index contributed by atoms with van der Waals surface area (Å²) in [7, 11) is 0. The van der Waals surface area contributed by atoms with Crippen molar-refractivity contribution < 1.29 is 4.74 Å². The largest absolute Gasteiger partial charge is 0.378 e. The van der Waals surface area contributed by atoms with Crippen LogP contribution in [-0.4, -0.2) is 49.8 Å². The van der Waals surface area contributed by atoms with Gasteiger partial charge < -0.3 is 10.1 Å². The van der Waals surface area contributed by atoms with Gasteiger partial charge in [0.05, 0.1) is 13.2 Å². The minimum atomic E-state index is 0.560. The predicted octanol–water partition coefficient (Wildman–Crippen LogP) is 0.849. The van der Waals surface area contributed by atoms with Gasteiger partial charge in [-0.2, -0.15) is 0 Å². The summed E-state index contributed by atoms with van der Waals surface area (Å²) in [5, 5.41) is 3.52. The van der Waals surface area contributed by atoms with Gasteiger partial charge in [-0.15, -0.1) is 0 Å². The zero-order chi connectivity index (χ0) is 9.80. The Bertz CT molecular complexity index is 169. The molecule has 2 heterocycles. The molecule has 2 fully saturated rings. The highest BCUT2D eigenvalue weighted by atomic mass is 16.5. The van der Waals surface area contributed by atoms with Gasteiger partial charge in [0.25, 0.3) is 0 Å². The summed E-state index contributed by atoms with van der Waals surface area (Å²) < 4.78 is 5.47. The zero-order valence-corrected chi connectivity index (χ0v) is 9.17. The van der Waals surface area contributed by atoms with Crippen molar-refractivity contribution in [2.24, 2.45) is 0 Å². The van der Waals surface area contributed by atoms with Gasteiger partial charge in [0.15, 0.2) is 0 Å². The molecule has 2 atom stereocenters. The minimum Gasteiger partial charge on any atom is -0.378 e. The standard InChI is InChI=1S/C11H22N2O/c1-10-4-2-3-6-13(10)8-11-9-14-7-5-12-11/h10-12H,2-9H2,1H3. The maximum absolute atomic E-state index is 5.47. The Labute approximate surface area is 86.8 Å². The van der Waals surface area contributed by atoms with Gasteiger partial charge in [0.2, 0.25) is 0 Å². The lowest BCUT2D eigenvalue weighted by molar-refractivity contribution is 0.0492. The molecule has 0 amide bonds. The van der Waals surface area contributed by atoms with Crippen LogP contribution in [0.4, 0.5) is 0 Å². The van der Waals surface area contributed by atoms with Gasteiger partial charge in [0.1, 0.15) is 0 Å². The SMILES string of the molecule is CC1CCCCN1CC1COCCN1. The van der Waals surface area contributed by atoms with E-state index in [1.54, 1.807) is 0 Å². The molecular weight excluding hydrogens is 176 g/mol. The van der Waals surface area contributed by atoms with Gasteiger partial charge in [-0.05, 0) is 26.3 Å². The Kier molecular flexibility index (Phi) is 3.79. The van der Waals surface area contributed by atoms with Gasteiger partial charge in [-0.3, -0.25) is 4.90 Å². The Morgan fingerprint density at radius 3 is 3.07 bits per heavy atom. The number of rotatable bonds is 2. The quantitative estimate of drug-likeness (QED) is 0.712. The van der Waals surface area contributed by atoms with E-state index in [0.717, 1.165) is 25.8 Å². The molecule has 0 radical (unpaired) electrons. The third-order valence-electron chi connectivity index (χ3n) is 3.39. The third-order valence-corrected chi connectivity index (χ3v) is 3.39. The van der Waals surface area contributed by atoms with E-state index in [4.69, 9.17) is 4.74 Å². The average Bonchev–Trinajstić information content (AvgIpc) is 2.23. The molecule has 2 rings (SSSR count). The van der Waals surface area contributed by atoms with Crippen LogP contribution >= 0.6 is 0 Å². The second-order valence-corrected chi connectivity index (χ2v) is 4.57. The van der Waals surface area contributed by atoms with Crippen LogP contribution in [0.5, 0.6) is 0 Å². The van der Waals surface area contributed by atoms with Crippen molar-refractivity contribution in [1.29, 1.82) is 0 Å². The molecule has 2 aliphatic rings. The van der Waals surface area contributed by atoms with Crippen molar-refractivity contribution >= 4 is 0 Å². The smallest absolute Gasteiger partial charge is 0.0632 e. The number of morpholine rings is 1. The lowest BCUT2D eigenvalue weighted by atomic mass is 10.0. The topological polar surface area (TPSA) is 24.5 Å². The lowest BCUT2D eigenvalue weighted by Crippen LogP contribution is -2.51. The van der Waals surface area contributed by atoms with E-state index in [-0.39, 0.29) is 0 Å². The first-order valence-electron chi connectivity index (χ1n) is 5.91. The molecule has 2 saturated heterocycles. The maximum atomic E-state index is 5.47. The molecule has 0 aliphatic carbocycles. The molecular formula is C11H22N2O. The summed E-state index contributed by atoms with van der Waals surface area (Å²) in [6.07, 6.45) is 4.15. The molecule has 2 aliphatic heterocycles. The van der Waals surface area contributed by atoms with Crippen LogP contribution in [0.3, 0.4) is 0 Å². The molecule has 0 saturated carbocycles. The number of hydrogen-bond acceptors (Lipinski definition) is 3. The van der Waals surface area contributed by atoms with E-state index in [1.165, 1.54) is 32.4 Å². The molecule has 0 aromatic heterocycles. The fourth-order valence-electron chi connectivity index (χ4n) is 2.45. The molecule has 0 aromatic rings. The van der Waals surface area contributed by atoms with Gasteiger partial charge in [0, 0.05) is 25.2 Å². The van der Waals surface area contributed by atoms with Crippen molar-refractivity contribution in [2.75, 3.05) is 32.8 Å². The Hall–Kier alpha value is -0.120. The number of nitrogens with zero attached hydrogens (tertiary/aromatic N) is 1. The molecule has 3 nitrogen and oxygen atoms in total. The molecule has 3 heteroatoms. The van der Waals surface area contributed by atoms with E-state index in [2.05, 4.69) is 17.1 Å². The van der Waals surface area contributed by atoms with Gasteiger partial charge in [-0.1, -0.05) is 6.42 Å². The highest BCUT2D eigenvalue weighted by molar-refractivity contribution is 4.80. The van der Waals surface area contributed by atoms with E-state index in [1.807, 2.05) is 0 Å². The van der Waals surface area contributed by atoms with Crippen LogP contribution in [0.15, 0.2) is 0 Å². The summed E-state index contributed by atoms with van der Waals surface area (Å²) >= 11 is 0. The van der Waals surface area contributed by atoms with E-state index >= 15 is 0 Å². The molecule has 0 aromatic carbocycles. The molecule has 2 unspecified atom stereocenters. The van der Waals surface area contributed by atoms with Crippen molar-refractivity contribution in [3.05, 3.63) is 0 Å². The first-order chi connectivity index (χ1) is 6.86. The van der Waals surface area contributed by atoms with E-state index < -0.39 is 0 Å². The van der Waals surface area contributed by atoms with Crippen LogP contribution < -0.4 is 5.32 Å². The molecule has 0 spiro atoms. The number of ether oxygens (including phenoxy) is 1. The monoisotopic (exact) mass is 198 g/mol. The van der Waals surface area contributed by atoms with E-state index in [0.29, 0.717) is 6.04 Å². The first-order valence-corrected chi connectivity index (χ1v) is 5.91. The second-order valence-electron chi connectivity index (χ2n) is 4.57. The summed E-state index contributed by atoms with van der Waals surface area (Å²) in [4.78, 5) is 2.61. The fraction of sp³-hybridized carbons (Fsp3) is 1.00. The molecule has 0 bridgehead atoms. The van der Waals surface area contributed by atoms with Crippen molar-refractivity contribution in [1.82, 2.24) is 10.2 Å². The summed E-state index contributed by atoms with van der Waals surface area (Å²) in [5.74, 6) is 0. The summed E-state index contributed by atoms with van der Waals surface area (Å²) in [6.45, 7) is 7.59. The highest BCUT2D eigenvalue weighted by Crippen LogP contribution is 2.16. The highest BCUT2D eigenvalue weighted by Gasteiger charge is 2.22. The lowest BCUT2D eigenvalue weighted by Gasteiger charge is -2.37. The second kappa shape index (κ2) is 5.10. The Morgan fingerprint density at radius 1 is 1.43 bits per heavy atom. The summed E-state index contributed by atoms with van der Waals surface area (Å²) in [5.41, 5.74) is 0. The average molecular weight is 198 g/mol. The fourth-order valence-corrected chi connectivity index (χ4v) is 2.45. The van der Waals surface area contributed by atoms with Crippen molar-refractivity contribution in [2.45, 2.75) is 38.3 Å².